The highest BCUT2D eigenvalue weighted by molar-refractivity contribution is 5.94. The smallest absolute Gasteiger partial charge is 0.343 e. The number of carbonyl (C=O) groups excluding carboxylic acids is 4. The van der Waals surface area contributed by atoms with Crippen LogP contribution in [0.1, 0.15) is 85.5 Å². The van der Waals surface area contributed by atoms with Crippen LogP contribution >= 0.6 is 0 Å². The lowest BCUT2D eigenvalue weighted by Crippen LogP contribution is -2.48. The largest absolute Gasteiger partial charge is 0.458 e. The first-order valence-corrected chi connectivity index (χ1v) is 18.5. The molecule has 2 aliphatic heterocycles. The summed E-state index contributed by atoms with van der Waals surface area (Å²) in [6, 6.07) is 12.0. The molecule has 3 atom stereocenters. The summed E-state index contributed by atoms with van der Waals surface area (Å²) < 4.78 is 27.9. The van der Waals surface area contributed by atoms with Crippen molar-refractivity contribution in [2.75, 3.05) is 13.3 Å². The van der Waals surface area contributed by atoms with Crippen molar-refractivity contribution in [1.82, 2.24) is 25.5 Å². The van der Waals surface area contributed by atoms with Crippen molar-refractivity contribution < 1.29 is 38.1 Å². The van der Waals surface area contributed by atoms with E-state index in [0.717, 1.165) is 11.1 Å². The van der Waals surface area contributed by atoms with Gasteiger partial charge in [-0.25, -0.2) is 14.2 Å². The molecule has 0 unspecified atom stereocenters. The number of hydrogen-bond acceptors (Lipinski definition) is 9. The zero-order valence-corrected chi connectivity index (χ0v) is 31.4. The van der Waals surface area contributed by atoms with E-state index in [0.29, 0.717) is 58.2 Å². The zero-order valence-electron chi connectivity index (χ0n) is 31.4. The normalized spacial score (nSPS) is 18.8. The van der Waals surface area contributed by atoms with Gasteiger partial charge in [0.1, 0.15) is 24.8 Å². The number of amides is 3. The summed E-state index contributed by atoms with van der Waals surface area (Å²) in [6.07, 6.45) is 1.39. The minimum atomic E-state index is -2.01. The maximum Gasteiger partial charge on any atom is 0.343 e. The predicted molar refractivity (Wildman–Crippen MR) is 199 cm³/mol. The Morgan fingerprint density at radius 1 is 1.13 bits per heavy atom. The number of fused-ring (bicyclic) bond motifs is 5. The number of ether oxygens (including phenoxy) is 2. The molecule has 14 heteroatoms. The van der Waals surface area contributed by atoms with Gasteiger partial charge in [-0.1, -0.05) is 44.2 Å². The van der Waals surface area contributed by atoms with Crippen molar-refractivity contribution in [3.05, 3.63) is 97.6 Å². The second-order valence-corrected chi connectivity index (χ2v) is 15.1. The molecule has 2 aromatic carbocycles. The second-order valence-electron chi connectivity index (χ2n) is 15.1. The molecule has 4 heterocycles. The fourth-order valence-corrected chi connectivity index (χ4v) is 7.86. The highest BCUT2D eigenvalue weighted by atomic mass is 19.1. The Morgan fingerprint density at radius 3 is 2.60 bits per heavy atom. The van der Waals surface area contributed by atoms with E-state index in [1.807, 2.05) is 30.3 Å². The number of nitrogens with zero attached hydrogens (tertiary/aromatic N) is 2. The quantitative estimate of drug-likeness (QED) is 0.116. The molecule has 4 aromatic rings. The second kappa shape index (κ2) is 14.3. The molecule has 2 aromatic heterocycles. The summed E-state index contributed by atoms with van der Waals surface area (Å²) in [4.78, 5) is 70.4. The van der Waals surface area contributed by atoms with Crippen LogP contribution in [-0.2, 0) is 60.2 Å². The number of aromatic nitrogens is 2. The van der Waals surface area contributed by atoms with Crippen molar-refractivity contribution in [2.45, 2.75) is 90.7 Å². The van der Waals surface area contributed by atoms with E-state index in [2.05, 4.69) is 16.0 Å². The third-order valence-corrected chi connectivity index (χ3v) is 11.2. The van der Waals surface area contributed by atoms with E-state index in [1.54, 1.807) is 40.7 Å². The van der Waals surface area contributed by atoms with Crippen LogP contribution in [-0.4, -0.2) is 57.2 Å². The zero-order chi connectivity index (χ0) is 39.4. The average Bonchev–Trinajstić information content (AvgIpc) is 3.53. The first-order chi connectivity index (χ1) is 26.1. The molecule has 7 rings (SSSR count). The van der Waals surface area contributed by atoms with E-state index in [4.69, 9.17) is 14.5 Å². The molecular formula is C41H44FN5O8. The highest BCUT2D eigenvalue weighted by Gasteiger charge is 2.46. The van der Waals surface area contributed by atoms with Crippen molar-refractivity contribution in [3.8, 4) is 11.4 Å². The van der Waals surface area contributed by atoms with Crippen LogP contribution in [0.25, 0.3) is 22.3 Å². The summed E-state index contributed by atoms with van der Waals surface area (Å²) in [5.74, 6) is -2.82. The van der Waals surface area contributed by atoms with E-state index >= 15 is 4.39 Å². The molecule has 0 saturated carbocycles. The number of rotatable bonds is 11. The number of nitrogens with one attached hydrogen (secondary N) is 3. The van der Waals surface area contributed by atoms with Gasteiger partial charge in [0, 0.05) is 28.5 Å². The number of halogens is 1. The first kappa shape index (κ1) is 37.8. The summed E-state index contributed by atoms with van der Waals surface area (Å²) in [5, 5.41) is 20.4. The molecule has 288 valence electrons. The average molecular weight is 754 g/mol. The van der Waals surface area contributed by atoms with Crippen LogP contribution < -0.4 is 21.5 Å². The van der Waals surface area contributed by atoms with Gasteiger partial charge in [-0.3, -0.25) is 19.2 Å². The molecule has 4 N–H and O–H groups in total. The molecule has 55 heavy (non-hydrogen) atoms. The Balaban J connectivity index is 1.09. The van der Waals surface area contributed by atoms with Gasteiger partial charge in [0.25, 0.3) is 11.5 Å². The SMILES string of the molecule is CC[C@@]1(O)C(=O)OCc2c1cc1n(c2=O)Cc2c-1nc1cc(F)c(C)c3c1c2[C@@H](NC(=O)C(C)(C)OCNC(=O)CNC(=O)[C@@H](C)Cc1ccccc1)CC3. The van der Waals surface area contributed by atoms with Crippen LogP contribution in [0.15, 0.2) is 47.3 Å². The van der Waals surface area contributed by atoms with Crippen molar-refractivity contribution in [1.29, 1.82) is 0 Å². The molecule has 0 bridgehead atoms. The van der Waals surface area contributed by atoms with Gasteiger partial charge in [0.2, 0.25) is 11.8 Å². The maximum atomic E-state index is 15.3. The number of pyridine rings is 2. The van der Waals surface area contributed by atoms with Gasteiger partial charge >= 0.3 is 5.97 Å². The van der Waals surface area contributed by atoms with Crippen molar-refractivity contribution in [3.63, 3.8) is 0 Å². The molecular weight excluding hydrogens is 709 g/mol. The number of carbonyl (C=O) groups is 4. The van der Waals surface area contributed by atoms with Gasteiger partial charge in [0.15, 0.2) is 5.60 Å². The van der Waals surface area contributed by atoms with Gasteiger partial charge in [0.05, 0.1) is 41.6 Å². The van der Waals surface area contributed by atoms with E-state index in [9.17, 15) is 29.1 Å². The van der Waals surface area contributed by atoms with Crippen LogP contribution in [0, 0.1) is 18.7 Å². The fraction of sp³-hybridized carbons (Fsp3) is 0.415. The van der Waals surface area contributed by atoms with Crippen molar-refractivity contribution in [2.24, 2.45) is 5.92 Å². The summed E-state index contributed by atoms with van der Waals surface area (Å²) in [7, 11) is 0. The van der Waals surface area contributed by atoms with Crippen LogP contribution in [0.5, 0.6) is 0 Å². The Kier molecular flexibility index (Phi) is 9.84. The lowest BCUT2D eigenvalue weighted by Gasteiger charge is -2.32. The molecule has 3 aliphatic rings. The third-order valence-electron chi connectivity index (χ3n) is 11.2. The summed E-state index contributed by atoms with van der Waals surface area (Å²) in [6.45, 7) is 7.53. The van der Waals surface area contributed by atoms with Gasteiger partial charge in [-0.15, -0.1) is 0 Å². The molecule has 0 radical (unpaired) electrons. The molecule has 3 amide bonds. The number of esters is 1. The van der Waals surface area contributed by atoms with Crippen LogP contribution in [0.2, 0.25) is 0 Å². The van der Waals surface area contributed by atoms with E-state index < -0.39 is 46.4 Å². The molecule has 0 spiro atoms. The lowest BCUT2D eigenvalue weighted by atomic mass is 9.81. The molecule has 0 saturated heterocycles. The highest BCUT2D eigenvalue weighted by Crippen LogP contribution is 2.46. The predicted octanol–water partition coefficient (Wildman–Crippen LogP) is 3.49. The van der Waals surface area contributed by atoms with Crippen LogP contribution in [0.4, 0.5) is 4.39 Å². The van der Waals surface area contributed by atoms with E-state index in [-0.39, 0.29) is 55.8 Å². The maximum absolute atomic E-state index is 15.3. The van der Waals surface area contributed by atoms with Gasteiger partial charge in [-0.05, 0) is 74.8 Å². The van der Waals surface area contributed by atoms with Crippen LogP contribution in [0.3, 0.4) is 0 Å². The van der Waals surface area contributed by atoms with Gasteiger partial charge in [-0.2, -0.15) is 0 Å². The van der Waals surface area contributed by atoms with Crippen molar-refractivity contribution >= 4 is 34.6 Å². The summed E-state index contributed by atoms with van der Waals surface area (Å²) >= 11 is 0. The monoisotopic (exact) mass is 753 g/mol. The van der Waals surface area contributed by atoms with Gasteiger partial charge < -0.3 is 35.1 Å². The fourth-order valence-electron chi connectivity index (χ4n) is 7.86. The van der Waals surface area contributed by atoms with E-state index in [1.165, 1.54) is 10.6 Å². The Labute approximate surface area is 316 Å². The first-order valence-electron chi connectivity index (χ1n) is 18.5. The lowest BCUT2D eigenvalue weighted by molar-refractivity contribution is -0.172. The molecule has 1 aliphatic carbocycles. The topological polar surface area (TPSA) is 178 Å². The third kappa shape index (κ3) is 6.67. The number of cyclic esters (lactones) is 1. The Bertz CT molecular complexity index is 2320. The Morgan fingerprint density at radius 2 is 1.87 bits per heavy atom. The molecule has 0 fully saturated rings. The number of aryl methyl sites for hydroxylation is 1. The Hall–Kier alpha value is -5.47. The number of aliphatic hydroxyl groups is 1. The number of benzene rings is 2. The number of hydrogen-bond donors (Lipinski definition) is 4. The molecule has 13 nitrogen and oxygen atoms in total. The summed E-state index contributed by atoms with van der Waals surface area (Å²) in [5.41, 5.74) is 1.26. The minimum absolute atomic E-state index is 0.0144. The standard InChI is InChI=1S/C41H44FN5O8/c1-6-41(53)27-15-31-35-25(18-47(31)37(50)26(27)19-54-39(41)52)34-29(13-12-24-22(3)28(42)16-30(45-35)33(24)34)46-38(51)40(4,5)55-20-44-32(48)17-43-36(49)21(2)14-23-10-8-7-9-11-23/h7-11,15-16,21,29,53H,6,12-14,17-20H2,1-5H3,(H,43,49)(H,44,48)(H,46,51)/t21-,29-,41-/m0/s1. The minimum Gasteiger partial charge on any atom is -0.458 e.